The zero-order valence-electron chi connectivity index (χ0n) is 15.8. The van der Waals surface area contributed by atoms with E-state index in [0.717, 1.165) is 11.3 Å². The van der Waals surface area contributed by atoms with Gasteiger partial charge in [-0.1, -0.05) is 12.2 Å². The van der Waals surface area contributed by atoms with Crippen LogP contribution in [0.3, 0.4) is 0 Å². The number of fused-ring (bicyclic) bond motifs is 5. The lowest BCUT2D eigenvalue weighted by Gasteiger charge is -2.23. The van der Waals surface area contributed by atoms with Gasteiger partial charge in [0.1, 0.15) is 6.04 Å². The van der Waals surface area contributed by atoms with Crippen LogP contribution in [-0.4, -0.2) is 41.2 Å². The number of benzene rings is 1. The number of likely N-dealkylation sites (tertiary alicyclic amines) is 1. The van der Waals surface area contributed by atoms with Crippen molar-refractivity contribution in [2.75, 3.05) is 11.9 Å². The molecule has 5 atom stereocenters. The van der Waals surface area contributed by atoms with Crippen LogP contribution in [0.4, 0.5) is 5.69 Å². The van der Waals surface area contributed by atoms with E-state index in [1.54, 1.807) is 38.1 Å². The number of hydrogen-bond acceptors (Lipinski definition) is 5. The van der Waals surface area contributed by atoms with Crippen LogP contribution in [0.15, 0.2) is 36.4 Å². The Morgan fingerprint density at radius 1 is 1.11 bits per heavy atom. The van der Waals surface area contributed by atoms with Crippen molar-refractivity contribution in [1.29, 1.82) is 0 Å². The molecule has 146 valence electrons. The molecule has 4 rings (SSSR count). The van der Waals surface area contributed by atoms with Crippen LogP contribution in [0.2, 0.25) is 0 Å². The van der Waals surface area contributed by atoms with Crippen molar-refractivity contribution in [2.45, 2.75) is 26.3 Å². The maximum atomic E-state index is 12.8. The number of hydrogen-bond donors (Lipinski definition) is 1. The SMILES string of the molecule is CCOC(=O)c1ccc(NC(=O)[C@H](C)N2C(=O)[C@H]3[C@H](C2=O)[C@H]2C=C[C@H]3C2)cc1. The molecule has 1 aromatic carbocycles. The second-order valence-electron chi connectivity index (χ2n) is 7.51. The predicted octanol–water partition coefficient (Wildman–Crippen LogP) is 2.00. The normalized spacial score (nSPS) is 28.4. The first kappa shape index (κ1) is 18.4. The monoisotopic (exact) mass is 382 g/mol. The van der Waals surface area contributed by atoms with Crippen molar-refractivity contribution in [1.82, 2.24) is 4.90 Å². The molecule has 1 saturated carbocycles. The molecule has 1 heterocycles. The van der Waals surface area contributed by atoms with Crippen LogP contribution in [0, 0.1) is 23.7 Å². The molecule has 0 radical (unpaired) electrons. The van der Waals surface area contributed by atoms with Crippen LogP contribution in [-0.2, 0) is 19.1 Å². The third-order valence-corrected chi connectivity index (χ3v) is 5.93. The fourth-order valence-electron chi connectivity index (χ4n) is 4.58. The Labute approximate surface area is 162 Å². The highest BCUT2D eigenvalue weighted by Gasteiger charge is 2.60. The summed E-state index contributed by atoms with van der Waals surface area (Å²) in [6, 6.07) is 5.39. The lowest BCUT2D eigenvalue weighted by molar-refractivity contribution is -0.146. The maximum Gasteiger partial charge on any atom is 0.338 e. The van der Waals surface area contributed by atoms with Gasteiger partial charge in [-0.2, -0.15) is 0 Å². The molecule has 0 unspecified atom stereocenters. The highest BCUT2D eigenvalue weighted by atomic mass is 16.5. The van der Waals surface area contributed by atoms with Gasteiger partial charge in [-0.25, -0.2) is 4.79 Å². The van der Waals surface area contributed by atoms with Gasteiger partial charge in [0, 0.05) is 5.69 Å². The molecule has 28 heavy (non-hydrogen) atoms. The number of nitrogens with one attached hydrogen (secondary N) is 1. The van der Waals surface area contributed by atoms with E-state index in [1.807, 2.05) is 12.2 Å². The Balaban J connectivity index is 1.43. The summed E-state index contributed by atoms with van der Waals surface area (Å²) in [6.07, 6.45) is 4.90. The maximum absolute atomic E-state index is 12.8. The summed E-state index contributed by atoms with van der Waals surface area (Å²) in [5.74, 6) is -1.77. The first-order valence-corrected chi connectivity index (χ1v) is 9.55. The van der Waals surface area contributed by atoms with Crippen LogP contribution in [0.5, 0.6) is 0 Å². The van der Waals surface area contributed by atoms with E-state index in [-0.39, 0.29) is 42.1 Å². The van der Waals surface area contributed by atoms with Crippen LogP contribution in [0.1, 0.15) is 30.6 Å². The second kappa shape index (κ2) is 6.89. The number of anilines is 1. The quantitative estimate of drug-likeness (QED) is 0.478. The molecule has 2 bridgehead atoms. The highest BCUT2D eigenvalue weighted by molar-refractivity contribution is 6.10. The number of esters is 1. The standard InChI is InChI=1S/C21H22N2O5/c1-3-28-21(27)12-6-8-15(9-7-12)22-18(24)11(2)23-19(25)16-13-4-5-14(10-13)17(16)20(23)26/h4-9,11,13-14,16-17H,3,10H2,1-2H3,(H,22,24)/t11-,13-,14-,16+,17+/m0/s1. The minimum Gasteiger partial charge on any atom is -0.462 e. The summed E-state index contributed by atoms with van der Waals surface area (Å²) in [7, 11) is 0. The van der Waals surface area contributed by atoms with E-state index in [9.17, 15) is 19.2 Å². The van der Waals surface area contributed by atoms with Gasteiger partial charge < -0.3 is 10.1 Å². The fraction of sp³-hybridized carbons (Fsp3) is 0.429. The first-order chi connectivity index (χ1) is 13.4. The molecule has 3 aliphatic rings. The Bertz CT molecular complexity index is 845. The molecular weight excluding hydrogens is 360 g/mol. The minimum atomic E-state index is -0.894. The molecule has 1 aliphatic heterocycles. The van der Waals surface area contributed by atoms with Crippen LogP contribution >= 0.6 is 0 Å². The summed E-state index contributed by atoms with van der Waals surface area (Å²) in [5, 5.41) is 2.71. The molecule has 0 aromatic heterocycles. The van der Waals surface area contributed by atoms with Gasteiger partial charge in [-0.3, -0.25) is 19.3 Å². The number of amides is 3. The van der Waals surface area contributed by atoms with E-state index >= 15 is 0 Å². The molecule has 7 heteroatoms. The van der Waals surface area contributed by atoms with E-state index < -0.39 is 17.9 Å². The Kier molecular flexibility index (Phi) is 4.53. The highest BCUT2D eigenvalue weighted by Crippen LogP contribution is 2.52. The summed E-state index contributed by atoms with van der Waals surface area (Å²) in [5.41, 5.74) is 0.861. The van der Waals surface area contributed by atoms with Crippen molar-refractivity contribution < 1.29 is 23.9 Å². The molecule has 1 N–H and O–H groups in total. The third-order valence-electron chi connectivity index (χ3n) is 5.93. The topological polar surface area (TPSA) is 92.8 Å². The summed E-state index contributed by atoms with van der Waals surface area (Å²) in [6.45, 7) is 3.57. The van der Waals surface area contributed by atoms with Gasteiger partial charge >= 0.3 is 5.97 Å². The molecular formula is C21H22N2O5. The van der Waals surface area contributed by atoms with Crippen molar-refractivity contribution >= 4 is 29.4 Å². The van der Waals surface area contributed by atoms with Gasteiger partial charge in [0.15, 0.2) is 0 Å². The van der Waals surface area contributed by atoms with Gasteiger partial charge in [-0.05, 0) is 56.4 Å². The number of allylic oxidation sites excluding steroid dienone is 2. The summed E-state index contributed by atoms with van der Waals surface area (Å²) >= 11 is 0. The van der Waals surface area contributed by atoms with Gasteiger partial charge in [0.2, 0.25) is 17.7 Å². The van der Waals surface area contributed by atoms with E-state index in [0.29, 0.717) is 11.3 Å². The Morgan fingerprint density at radius 3 is 2.21 bits per heavy atom. The molecule has 1 aromatic rings. The molecule has 3 amide bonds. The van der Waals surface area contributed by atoms with Crippen molar-refractivity contribution in [3.63, 3.8) is 0 Å². The van der Waals surface area contributed by atoms with Crippen molar-refractivity contribution in [3.8, 4) is 0 Å². The summed E-state index contributed by atoms with van der Waals surface area (Å²) < 4.78 is 4.92. The molecule has 1 saturated heterocycles. The van der Waals surface area contributed by atoms with Crippen LogP contribution < -0.4 is 5.32 Å². The zero-order chi connectivity index (χ0) is 20.0. The van der Waals surface area contributed by atoms with Crippen molar-refractivity contribution in [2.24, 2.45) is 23.7 Å². The summed E-state index contributed by atoms with van der Waals surface area (Å²) in [4.78, 5) is 51.1. The first-order valence-electron chi connectivity index (χ1n) is 9.55. The third kappa shape index (κ3) is 2.82. The zero-order valence-corrected chi connectivity index (χ0v) is 15.8. The van der Waals surface area contributed by atoms with Crippen molar-refractivity contribution in [3.05, 3.63) is 42.0 Å². The number of nitrogens with zero attached hydrogens (tertiary/aromatic N) is 1. The van der Waals surface area contributed by atoms with Crippen LogP contribution in [0.25, 0.3) is 0 Å². The average molecular weight is 382 g/mol. The second-order valence-corrected chi connectivity index (χ2v) is 7.51. The average Bonchev–Trinajstić information content (AvgIpc) is 3.36. The minimum absolute atomic E-state index is 0.113. The van der Waals surface area contributed by atoms with E-state index in [1.165, 1.54) is 0 Å². The van der Waals surface area contributed by atoms with E-state index in [2.05, 4.69) is 5.32 Å². The van der Waals surface area contributed by atoms with E-state index in [4.69, 9.17) is 4.74 Å². The number of carbonyl (C=O) groups is 4. The predicted molar refractivity (Wildman–Crippen MR) is 100 cm³/mol. The lowest BCUT2D eigenvalue weighted by Crippen LogP contribution is -2.46. The molecule has 2 fully saturated rings. The molecule has 2 aliphatic carbocycles. The van der Waals surface area contributed by atoms with Gasteiger partial charge in [-0.15, -0.1) is 0 Å². The lowest BCUT2D eigenvalue weighted by atomic mass is 9.85. The Morgan fingerprint density at radius 2 is 1.68 bits per heavy atom. The number of rotatable bonds is 5. The number of carbonyl (C=O) groups excluding carboxylic acids is 4. The largest absolute Gasteiger partial charge is 0.462 e. The molecule has 7 nitrogen and oxygen atoms in total. The fourth-order valence-corrected chi connectivity index (χ4v) is 4.58. The smallest absolute Gasteiger partial charge is 0.338 e. The molecule has 0 spiro atoms. The van der Waals surface area contributed by atoms with Gasteiger partial charge in [0.25, 0.3) is 0 Å². The number of ether oxygens (including phenoxy) is 1. The Hall–Kier alpha value is -2.96. The number of imide groups is 1. The van der Waals surface area contributed by atoms with Gasteiger partial charge in [0.05, 0.1) is 24.0 Å².